The number of benzene rings is 1. The highest BCUT2D eigenvalue weighted by Gasteiger charge is 2.34. The lowest BCUT2D eigenvalue weighted by molar-refractivity contribution is 0.0688. The first-order chi connectivity index (χ1) is 9.75. The van der Waals surface area contributed by atoms with Gasteiger partial charge in [0.1, 0.15) is 5.56 Å². The zero-order valence-corrected chi connectivity index (χ0v) is 11.7. The predicted octanol–water partition coefficient (Wildman–Crippen LogP) is 3.47. The first-order valence-corrected chi connectivity index (χ1v) is 6.64. The summed E-state index contributed by atoms with van der Waals surface area (Å²) in [6.07, 6.45) is 0.481. The third-order valence-electron chi connectivity index (χ3n) is 3.58. The SMILES string of the molecule is CC1CCN(C(=O)c2c(F)c(F)c(F)c(F)c2F)CC1Cl. The maximum Gasteiger partial charge on any atom is 0.260 e. The fourth-order valence-electron chi connectivity index (χ4n) is 2.16. The fraction of sp³-hybridized carbons (Fsp3) is 0.462. The highest BCUT2D eigenvalue weighted by Crippen LogP contribution is 2.27. The topological polar surface area (TPSA) is 20.3 Å². The number of nitrogens with zero attached hydrogens (tertiary/aromatic N) is 1. The average molecular weight is 328 g/mol. The number of alkyl halides is 1. The summed E-state index contributed by atoms with van der Waals surface area (Å²) in [5.41, 5.74) is -1.44. The number of amides is 1. The van der Waals surface area contributed by atoms with Crippen molar-refractivity contribution < 1.29 is 26.7 Å². The number of hydrogen-bond donors (Lipinski definition) is 0. The minimum Gasteiger partial charge on any atom is -0.337 e. The Morgan fingerprint density at radius 1 is 1.05 bits per heavy atom. The van der Waals surface area contributed by atoms with Crippen LogP contribution in [0.3, 0.4) is 0 Å². The molecule has 2 nitrogen and oxygen atoms in total. The average Bonchev–Trinajstić information content (AvgIpc) is 2.46. The molecule has 1 amide bonds. The summed E-state index contributed by atoms with van der Waals surface area (Å²) < 4.78 is 66.3. The molecule has 1 aromatic rings. The van der Waals surface area contributed by atoms with E-state index in [0.717, 1.165) is 4.90 Å². The molecule has 2 unspecified atom stereocenters. The molecule has 0 aliphatic carbocycles. The molecule has 1 aliphatic rings. The first kappa shape index (κ1) is 16.0. The van der Waals surface area contributed by atoms with Gasteiger partial charge in [-0.25, -0.2) is 22.0 Å². The third-order valence-corrected chi connectivity index (χ3v) is 4.15. The second-order valence-corrected chi connectivity index (χ2v) is 5.54. The van der Waals surface area contributed by atoms with Crippen LogP contribution in [0.1, 0.15) is 23.7 Å². The number of carbonyl (C=O) groups is 1. The smallest absolute Gasteiger partial charge is 0.260 e. The molecular formula is C13H11ClF5NO. The van der Waals surface area contributed by atoms with Crippen molar-refractivity contribution in [3.8, 4) is 0 Å². The van der Waals surface area contributed by atoms with Crippen molar-refractivity contribution in [2.24, 2.45) is 5.92 Å². The van der Waals surface area contributed by atoms with E-state index in [0.29, 0.717) is 6.42 Å². The van der Waals surface area contributed by atoms with Crippen molar-refractivity contribution >= 4 is 17.5 Å². The fourth-order valence-corrected chi connectivity index (χ4v) is 2.45. The van der Waals surface area contributed by atoms with Gasteiger partial charge in [0.05, 0.1) is 5.38 Å². The zero-order chi connectivity index (χ0) is 15.9. The van der Waals surface area contributed by atoms with Crippen LogP contribution >= 0.6 is 11.6 Å². The van der Waals surface area contributed by atoms with E-state index in [9.17, 15) is 26.7 Å². The monoisotopic (exact) mass is 327 g/mol. The highest BCUT2D eigenvalue weighted by atomic mass is 35.5. The van der Waals surface area contributed by atoms with Gasteiger partial charge in [-0.3, -0.25) is 4.79 Å². The minimum absolute atomic E-state index is 0.0128. The molecule has 0 radical (unpaired) electrons. The Hall–Kier alpha value is -1.37. The van der Waals surface area contributed by atoms with E-state index in [4.69, 9.17) is 11.6 Å². The van der Waals surface area contributed by atoms with Crippen LogP contribution in [0.4, 0.5) is 22.0 Å². The van der Waals surface area contributed by atoms with Gasteiger partial charge in [-0.05, 0) is 12.3 Å². The van der Waals surface area contributed by atoms with E-state index in [2.05, 4.69) is 0 Å². The van der Waals surface area contributed by atoms with E-state index in [1.165, 1.54) is 0 Å². The minimum atomic E-state index is -2.29. The lowest BCUT2D eigenvalue weighted by Gasteiger charge is -2.34. The summed E-state index contributed by atoms with van der Waals surface area (Å²) >= 11 is 5.97. The molecule has 2 atom stereocenters. The molecule has 0 N–H and O–H groups in total. The normalized spacial score (nSPS) is 22.5. The van der Waals surface area contributed by atoms with Crippen molar-refractivity contribution in [3.63, 3.8) is 0 Å². The Kier molecular flexibility index (Phi) is 4.41. The van der Waals surface area contributed by atoms with Gasteiger partial charge >= 0.3 is 0 Å². The van der Waals surface area contributed by atoms with Crippen molar-refractivity contribution in [2.45, 2.75) is 18.7 Å². The Labute approximate surface area is 122 Å². The van der Waals surface area contributed by atoms with Crippen molar-refractivity contribution in [1.29, 1.82) is 0 Å². The van der Waals surface area contributed by atoms with Crippen molar-refractivity contribution in [3.05, 3.63) is 34.6 Å². The summed E-state index contributed by atoms with van der Waals surface area (Å²) in [5, 5.41) is -0.441. The molecular weight excluding hydrogens is 317 g/mol. The second kappa shape index (κ2) is 5.79. The number of carbonyl (C=O) groups excluding carboxylic acids is 1. The summed E-state index contributed by atoms with van der Waals surface area (Å²) in [4.78, 5) is 13.0. The zero-order valence-electron chi connectivity index (χ0n) is 10.9. The molecule has 8 heteroatoms. The molecule has 116 valence electrons. The van der Waals surface area contributed by atoms with Gasteiger partial charge in [-0.1, -0.05) is 6.92 Å². The van der Waals surface area contributed by atoms with E-state index in [1.807, 2.05) is 6.92 Å². The summed E-state index contributed by atoms with van der Waals surface area (Å²) in [5.74, 6) is -12.0. The van der Waals surface area contributed by atoms with E-state index < -0.39 is 45.9 Å². The molecule has 1 heterocycles. The Balaban J connectivity index is 2.41. The summed E-state index contributed by atoms with van der Waals surface area (Å²) in [6.45, 7) is 1.97. The maximum atomic E-state index is 13.6. The van der Waals surface area contributed by atoms with Gasteiger partial charge in [0.25, 0.3) is 5.91 Å². The van der Waals surface area contributed by atoms with Crippen LogP contribution in [-0.4, -0.2) is 29.3 Å². The van der Waals surface area contributed by atoms with Gasteiger partial charge in [0.2, 0.25) is 5.82 Å². The standard InChI is InChI=1S/C13H11ClF5NO/c1-5-2-3-20(4-6(5)14)13(21)7-8(15)10(17)12(19)11(18)9(7)16/h5-6H,2-4H2,1H3. The van der Waals surface area contributed by atoms with Crippen LogP contribution < -0.4 is 0 Å². The second-order valence-electron chi connectivity index (χ2n) is 4.98. The molecule has 2 rings (SSSR count). The molecule has 1 aromatic carbocycles. The molecule has 1 saturated heterocycles. The van der Waals surface area contributed by atoms with E-state index in [-0.39, 0.29) is 19.0 Å². The summed E-state index contributed by atoms with van der Waals surface area (Å²) in [7, 11) is 0. The molecule has 1 aliphatic heterocycles. The number of piperidine rings is 1. The van der Waals surface area contributed by atoms with Crippen LogP contribution in [0.25, 0.3) is 0 Å². The lowest BCUT2D eigenvalue weighted by Crippen LogP contribution is -2.44. The number of hydrogen-bond acceptors (Lipinski definition) is 1. The molecule has 0 aromatic heterocycles. The van der Waals surface area contributed by atoms with Crippen molar-refractivity contribution in [1.82, 2.24) is 4.90 Å². The molecule has 1 fully saturated rings. The molecule has 0 spiro atoms. The Bertz CT molecular complexity index is 565. The lowest BCUT2D eigenvalue weighted by atomic mass is 9.98. The van der Waals surface area contributed by atoms with Gasteiger partial charge in [-0.2, -0.15) is 0 Å². The van der Waals surface area contributed by atoms with Gasteiger partial charge < -0.3 is 4.90 Å². The van der Waals surface area contributed by atoms with Gasteiger partial charge in [0, 0.05) is 13.1 Å². The Morgan fingerprint density at radius 3 is 2.00 bits per heavy atom. The number of rotatable bonds is 1. The van der Waals surface area contributed by atoms with Gasteiger partial charge in [-0.15, -0.1) is 11.6 Å². The van der Waals surface area contributed by atoms with Crippen LogP contribution in [0.2, 0.25) is 0 Å². The van der Waals surface area contributed by atoms with Crippen molar-refractivity contribution in [2.75, 3.05) is 13.1 Å². The first-order valence-electron chi connectivity index (χ1n) is 6.20. The third kappa shape index (κ3) is 2.71. The van der Waals surface area contributed by atoms with E-state index >= 15 is 0 Å². The Morgan fingerprint density at radius 2 is 1.52 bits per heavy atom. The van der Waals surface area contributed by atoms with E-state index in [1.54, 1.807) is 0 Å². The van der Waals surface area contributed by atoms with Crippen LogP contribution in [0.5, 0.6) is 0 Å². The summed E-state index contributed by atoms with van der Waals surface area (Å²) in [6, 6.07) is 0. The molecule has 21 heavy (non-hydrogen) atoms. The maximum absolute atomic E-state index is 13.6. The van der Waals surface area contributed by atoms with Crippen LogP contribution in [0, 0.1) is 35.0 Å². The molecule has 0 bridgehead atoms. The largest absolute Gasteiger partial charge is 0.337 e. The quantitative estimate of drug-likeness (QED) is 0.335. The highest BCUT2D eigenvalue weighted by molar-refractivity contribution is 6.21. The van der Waals surface area contributed by atoms with Crippen LogP contribution in [-0.2, 0) is 0 Å². The van der Waals surface area contributed by atoms with Crippen LogP contribution in [0.15, 0.2) is 0 Å². The number of likely N-dealkylation sites (tertiary alicyclic amines) is 1. The number of halogens is 6. The predicted molar refractivity (Wildman–Crippen MR) is 65.6 cm³/mol. The van der Waals surface area contributed by atoms with Gasteiger partial charge in [0.15, 0.2) is 23.3 Å². The molecule has 0 saturated carbocycles.